The molecule has 3 heterocycles. The van der Waals surface area contributed by atoms with E-state index < -0.39 is 6.10 Å². The van der Waals surface area contributed by atoms with Gasteiger partial charge in [-0.25, -0.2) is 4.98 Å². The molecule has 0 saturated carbocycles. The highest BCUT2D eigenvalue weighted by atomic mass is 35.5. The van der Waals surface area contributed by atoms with Crippen LogP contribution in [0.2, 0.25) is 10.0 Å². The number of hydrogen-bond acceptors (Lipinski definition) is 5. The molecule has 2 aliphatic heterocycles. The molecule has 5 rings (SSSR count). The summed E-state index contributed by atoms with van der Waals surface area (Å²) in [5.41, 5.74) is 3.56. The summed E-state index contributed by atoms with van der Waals surface area (Å²) < 4.78 is 0. The fourth-order valence-corrected chi connectivity index (χ4v) is 4.68. The number of anilines is 1. The lowest BCUT2D eigenvalue weighted by Crippen LogP contribution is -2.53. The average Bonchev–Trinajstić information content (AvgIpc) is 3.39. The summed E-state index contributed by atoms with van der Waals surface area (Å²) in [6.45, 7) is 3.25. The molecule has 9 heteroatoms. The molecule has 1 aromatic heterocycles. The molecule has 0 unspecified atom stereocenters. The molecule has 2 atom stereocenters. The molecule has 0 aliphatic carbocycles. The van der Waals surface area contributed by atoms with Crippen molar-refractivity contribution in [2.24, 2.45) is 0 Å². The Hall–Kier alpha value is -2.32. The summed E-state index contributed by atoms with van der Waals surface area (Å²) in [7, 11) is 0. The second-order valence-corrected chi connectivity index (χ2v) is 8.92. The van der Waals surface area contributed by atoms with Gasteiger partial charge < -0.3 is 25.2 Å². The van der Waals surface area contributed by atoms with Crippen molar-refractivity contribution in [2.75, 3.05) is 37.6 Å². The number of H-pyrrole nitrogens is 1. The lowest BCUT2D eigenvalue weighted by molar-refractivity contribution is -0.133. The van der Waals surface area contributed by atoms with E-state index in [4.69, 9.17) is 23.2 Å². The molecule has 2 saturated heterocycles. The molecule has 7 nitrogen and oxygen atoms in total. The Morgan fingerprint density at radius 3 is 2.65 bits per heavy atom. The monoisotopic (exact) mass is 459 g/mol. The van der Waals surface area contributed by atoms with Gasteiger partial charge in [0.05, 0.1) is 28.2 Å². The van der Waals surface area contributed by atoms with Gasteiger partial charge in [-0.15, -0.1) is 0 Å². The number of aliphatic hydroxyl groups is 1. The number of nitrogens with one attached hydrogen (secondary N) is 2. The molecule has 162 valence electrons. The van der Waals surface area contributed by atoms with Crippen molar-refractivity contribution >= 4 is 45.8 Å². The standard InChI is InChI=1S/C22H23Cl2N5O2/c23-13-1-4-18-19(9-13)27-21(26-18)16-10-14(2-3-17(16)24)28-5-7-29(8-6-28)22(31)20-11-15(30)12-25-20/h1-4,9-10,15,20,25,30H,5-8,11-12H2,(H,26,27)/t15-,20+/m1/s1. The number of aliphatic hydroxyl groups excluding tert-OH is 1. The topological polar surface area (TPSA) is 84.5 Å². The van der Waals surface area contributed by atoms with Gasteiger partial charge in [0.15, 0.2) is 0 Å². The maximum Gasteiger partial charge on any atom is 0.239 e. The van der Waals surface area contributed by atoms with Crippen LogP contribution in [0.1, 0.15) is 6.42 Å². The Morgan fingerprint density at radius 2 is 1.90 bits per heavy atom. The van der Waals surface area contributed by atoms with Gasteiger partial charge in [-0.3, -0.25) is 4.79 Å². The highest BCUT2D eigenvalue weighted by Crippen LogP contribution is 2.32. The van der Waals surface area contributed by atoms with Crippen molar-refractivity contribution in [3.05, 3.63) is 46.4 Å². The third-order valence-electron chi connectivity index (χ3n) is 6.01. The van der Waals surface area contributed by atoms with E-state index in [1.54, 1.807) is 0 Å². The van der Waals surface area contributed by atoms with E-state index in [1.165, 1.54) is 0 Å². The number of carbonyl (C=O) groups excluding carboxylic acids is 1. The van der Waals surface area contributed by atoms with Crippen molar-refractivity contribution in [3.63, 3.8) is 0 Å². The Kier molecular flexibility index (Phi) is 5.52. The van der Waals surface area contributed by atoms with Gasteiger partial charge in [-0.05, 0) is 42.8 Å². The van der Waals surface area contributed by atoms with Crippen LogP contribution < -0.4 is 10.2 Å². The molecular weight excluding hydrogens is 437 g/mol. The number of aromatic amines is 1. The number of rotatable bonds is 3. The molecule has 3 N–H and O–H groups in total. The second kappa shape index (κ2) is 8.31. The van der Waals surface area contributed by atoms with Crippen molar-refractivity contribution in [2.45, 2.75) is 18.6 Å². The fourth-order valence-electron chi connectivity index (χ4n) is 4.31. The van der Waals surface area contributed by atoms with Crippen molar-refractivity contribution in [1.29, 1.82) is 0 Å². The van der Waals surface area contributed by atoms with Gasteiger partial charge in [0.1, 0.15) is 5.82 Å². The van der Waals surface area contributed by atoms with E-state index in [1.807, 2.05) is 41.3 Å². The first-order valence-electron chi connectivity index (χ1n) is 10.4. The first-order valence-corrected chi connectivity index (χ1v) is 11.1. The molecule has 3 aromatic rings. The van der Waals surface area contributed by atoms with E-state index in [-0.39, 0.29) is 11.9 Å². The van der Waals surface area contributed by atoms with Crippen molar-refractivity contribution in [1.82, 2.24) is 20.2 Å². The lowest BCUT2D eigenvalue weighted by Gasteiger charge is -2.37. The Labute approximate surface area is 190 Å². The number of hydrogen-bond donors (Lipinski definition) is 3. The summed E-state index contributed by atoms with van der Waals surface area (Å²) in [5, 5.41) is 14.0. The summed E-state index contributed by atoms with van der Waals surface area (Å²) in [6, 6.07) is 11.2. The molecule has 1 amide bonds. The van der Waals surface area contributed by atoms with Crippen LogP contribution in [-0.2, 0) is 4.79 Å². The number of piperazine rings is 1. The van der Waals surface area contributed by atoms with Crippen LogP contribution >= 0.6 is 23.2 Å². The predicted octanol–water partition coefficient (Wildman–Crippen LogP) is 2.91. The number of imidazole rings is 1. The number of benzene rings is 2. The first-order chi connectivity index (χ1) is 15.0. The molecule has 0 spiro atoms. The van der Waals surface area contributed by atoms with Gasteiger partial charge in [-0.1, -0.05) is 23.2 Å². The van der Waals surface area contributed by atoms with Gasteiger partial charge in [0.25, 0.3) is 0 Å². The Balaban J connectivity index is 1.32. The number of fused-ring (bicyclic) bond motifs is 1. The van der Waals surface area contributed by atoms with Crippen LogP contribution in [0.15, 0.2) is 36.4 Å². The zero-order valence-corrected chi connectivity index (χ0v) is 18.3. The van der Waals surface area contributed by atoms with Gasteiger partial charge in [-0.2, -0.15) is 0 Å². The van der Waals surface area contributed by atoms with Crippen LogP contribution in [0.4, 0.5) is 5.69 Å². The zero-order chi connectivity index (χ0) is 21.5. The zero-order valence-electron chi connectivity index (χ0n) is 16.8. The quantitative estimate of drug-likeness (QED) is 0.560. The number of amides is 1. The molecule has 31 heavy (non-hydrogen) atoms. The third kappa shape index (κ3) is 4.11. The van der Waals surface area contributed by atoms with E-state index in [9.17, 15) is 9.90 Å². The second-order valence-electron chi connectivity index (χ2n) is 8.07. The van der Waals surface area contributed by atoms with Crippen LogP contribution in [-0.4, -0.2) is 70.8 Å². The highest BCUT2D eigenvalue weighted by Gasteiger charge is 2.32. The maximum atomic E-state index is 12.7. The summed E-state index contributed by atoms with van der Waals surface area (Å²) in [6.07, 6.45) is 0.0551. The third-order valence-corrected chi connectivity index (χ3v) is 6.58. The smallest absolute Gasteiger partial charge is 0.239 e. The van der Waals surface area contributed by atoms with Gasteiger partial charge >= 0.3 is 0 Å². The van der Waals surface area contributed by atoms with Crippen molar-refractivity contribution in [3.8, 4) is 11.4 Å². The summed E-state index contributed by atoms with van der Waals surface area (Å²) in [5.74, 6) is 0.776. The molecular formula is C22H23Cl2N5O2. The number of aromatic nitrogens is 2. The van der Waals surface area contributed by atoms with Gasteiger partial charge in [0, 0.05) is 49.0 Å². The Bertz CT molecular complexity index is 1130. The van der Waals surface area contributed by atoms with E-state index >= 15 is 0 Å². The molecule has 2 aromatic carbocycles. The normalized spacial score (nSPS) is 21.8. The van der Waals surface area contributed by atoms with Crippen LogP contribution in [0, 0.1) is 0 Å². The molecule has 0 radical (unpaired) electrons. The first kappa shape index (κ1) is 20.6. The van der Waals surface area contributed by atoms with Crippen LogP contribution in [0.3, 0.4) is 0 Å². The summed E-state index contributed by atoms with van der Waals surface area (Å²) >= 11 is 12.6. The van der Waals surface area contributed by atoms with E-state index in [2.05, 4.69) is 20.2 Å². The number of nitrogens with zero attached hydrogens (tertiary/aromatic N) is 3. The average molecular weight is 460 g/mol. The number of β-amino-alcohol motifs (C(OH)–C–C–N with tert-alkyl or cyclic N) is 1. The minimum absolute atomic E-state index is 0.0777. The largest absolute Gasteiger partial charge is 0.392 e. The Morgan fingerprint density at radius 1 is 1.10 bits per heavy atom. The minimum Gasteiger partial charge on any atom is -0.392 e. The number of carbonyl (C=O) groups is 1. The fraction of sp³-hybridized carbons (Fsp3) is 0.364. The minimum atomic E-state index is -0.433. The van der Waals surface area contributed by atoms with E-state index in [0.717, 1.165) is 35.4 Å². The predicted molar refractivity (Wildman–Crippen MR) is 123 cm³/mol. The lowest BCUT2D eigenvalue weighted by atomic mass is 10.1. The summed E-state index contributed by atoms with van der Waals surface area (Å²) in [4.78, 5) is 24.8. The maximum absolute atomic E-state index is 12.7. The van der Waals surface area contributed by atoms with Crippen LogP contribution in [0.25, 0.3) is 22.4 Å². The highest BCUT2D eigenvalue weighted by molar-refractivity contribution is 6.33. The molecule has 2 aliphatic rings. The molecule has 2 fully saturated rings. The van der Waals surface area contributed by atoms with Crippen molar-refractivity contribution < 1.29 is 9.90 Å². The SMILES string of the molecule is O=C([C@@H]1C[C@@H](O)CN1)N1CCN(c2ccc(Cl)c(-c3nc4cc(Cl)ccc4[nH]3)c2)CC1. The van der Waals surface area contributed by atoms with Gasteiger partial charge in [0.2, 0.25) is 5.91 Å². The van der Waals surface area contributed by atoms with E-state index in [0.29, 0.717) is 41.9 Å². The van der Waals surface area contributed by atoms with Crippen LogP contribution in [0.5, 0.6) is 0 Å². The molecule has 0 bridgehead atoms. The number of halogens is 2.